The van der Waals surface area contributed by atoms with Gasteiger partial charge in [0.15, 0.2) is 0 Å². The van der Waals surface area contributed by atoms with Crippen LogP contribution in [0.4, 0.5) is 4.79 Å². The molecule has 6 heteroatoms. The zero-order chi connectivity index (χ0) is 12.2. The number of carboxylic acid groups (broad SMARTS) is 1. The second kappa shape index (κ2) is 5.25. The van der Waals surface area contributed by atoms with E-state index in [1.54, 1.807) is 27.7 Å². The minimum atomic E-state index is -1.14. The summed E-state index contributed by atoms with van der Waals surface area (Å²) in [6.07, 6.45) is -0.754. The van der Waals surface area contributed by atoms with E-state index in [4.69, 9.17) is 9.84 Å². The van der Waals surface area contributed by atoms with Crippen molar-refractivity contribution >= 4 is 24.7 Å². The highest BCUT2D eigenvalue weighted by molar-refractivity contribution is 7.81. The van der Waals surface area contributed by atoms with E-state index < -0.39 is 29.0 Å². The normalized spacial score (nSPS) is 15.3. The molecular formula is C9H17NO4S. The Kier molecular flexibility index (Phi) is 4.93. The average molecular weight is 235 g/mol. The lowest BCUT2D eigenvalue weighted by atomic mass is 10.2. The fourth-order valence-corrected chi connectivity index (χ4v) is 1.03. The van der Waals surface area contributed by atoms with E-state index in [9.17, 15) is 9.59 Å². The molecule has 0 saturated heterocycles. The molecule has 2 atom stereocenters. The molecular weight excluding hydrogens is 218 g/mol. The van der Waals surface area contributed by atoms with Crippen molar-refractivity contribution in [2.75, 3.05) is 0 Å². The predicted octanol–water partition coefficient (Wildman–Crippen LogP) is 1.28. The molecule has 0 aromatic carbocycles. The number of nitrogens with one attached hydrogen (secondary N) is 1. The van der Waals surface area contributed by atoms with Crippen LogP contribution in [0.1, 0.15) is 27.7 Å². The zero-order valence-electron chi connectivity index (χ0n) is 9.27. The molecule has 0 spiro atoms. The van der Waals surface area contributed by atoms with Crippen molar-refractivity contribution in [2.45, 2.75) is 44.6 Å². The molecule has 15 heavy (non-hydrogen) atoms. The summed E-state index contributed by atoms with van der Waals surface area (Å²) >= 11 is 3.97. The molecule has 0 aliphatic carbocycles. The zero-order valence-corrected chi connectivity index (χ0v) is 10.2. The highest BCUT2D eigenvalue weighted by atomic mass is 32.1. The van der Waals surface area contributed by atoms with Crippen LogP contribution in [0.3, 0.4) is 0 Å². The first-order chi connectivity index (χ1) is 6.63. The van der Waals surface area contributed by atoms with Gasteiger partial charge >= 0.3 is 12.1 Å². The number of rotatable bonds is 3. The molecule has 0 radical (unpaired) electrons. The van der Waals surface area contributed by atoms with Crippen LogP contribution in [0, 0.1) is 0 Å². The van der Waals surface area contributed by atoms with Crippen LogP contribution in [0.5, 0.6) is 0 Å². The van der Waals surface area contributed by atoms with E-state index in [1.807, 2.05) is 0 Å². The Morgan fingerprint density at radius 1 is 1.40 bits per heavy atom. The maximum Gasteiger partial charge on any atom is 0.408 e. The summed E-state index contributed by atoms with van der Waals surface area (Å²) in [4.78, 5) is 22.0. The summed E-state index contributed by atoms with van der Waals surface area (Å²) in [6.45, 7) is 6.69. The quantitative estimate of drug-likeness (QED) is 0.644. The topological polar surface area (TPSA) is 75.6 Å². The van der Waals surface area contributed by atoms with E-state index in [0.29, 0.717) is 0 Å². The molecule has 0 aromatic heterocycles. The number of carbonyl (C=O) groups is 2. The molecule has 1 amide bonds. The van der Waals surface area contributed by atoms with Gasteiger partial charge < -0.3 is 15.2 Å². The minimum absolute atomic E-state index is 0.491. The van der Waals surface area contributed by atoms with Gasteiger partial charge in [-0.25, -0.2) is 9.59 Å². The molecule has 1 unspecified atom stereocenters. The Morgan fingerprint density at radius 3 is 2.13 bits per heavy atom. The molecule has 0 aliphatic heterocycles. The number of carbonyl (C=O) groups excluding carboxylic acids is 1. The minimum Gasteiger partial charge on any atom is -0.480 e. The molecule has 0 rings (SSSR count). The number of carboxylic acids is 1. The average Bonchev–Trinajstić information content (AvgIpc) is 1.95. The molecule has 88 valence electrons. The van der Waals surface area contributed by atoms with Crippen LogP contribution in [0.2, 0.25) is 0 Å². The third-order valence-corrected chi connectivity index (χ3v) is 1.72. The van der Waals surface area contributed by atoms with Gasteiger partial charge in [0, 0.05) is 5.25 Å². The predicted molar refractivity (Wildman–Crippen MR) is 59.2 cm³/mol. The highest BCUT2D eigenvalue weighted by Gasteiger charge is 2.26. The van der Waals surface area contributed by atoms with E-state index in [0.717, 1.165) is 0 Å². The van der Waals surface area contributed by atoms with Gasteiger partial charge in [-0.1, -0.05) is 6.92 Å². The first-order valence-electron chi connectivity index (χ1n) is 4.54. The molecule has 0 aliphatic rings. The summed E-state index contributed by atoms with van der Waals surface area (Å²) in [7, 11) is 0. The van der Waals surface area contributed by atoms with Gasteiger partial charge in [0.05, 0.1) is 0 Å². The highest BCUT2D eigenvalue weighted by Crippen LogP contribution is 2.08. The lowest BCUT2D eigenvalue weighted by Gasteiger charge is -2.23. The third kappa shape index (κ3) is 6.22. The maximum atomic E-state index is 11.2. The summed E-state index contributed by atoms with van der Waals surface area (Å²) < 4.78 is 4.92. The monoisotopic (exact) mass is 235 g/mol. The Hall–Kier alpha value is -0.910. The smallest absolute Gasteiger partial charge is 0.408 e. The van der Waals surface area contributed by atoms with Crippen molar-refractivity contribution in [3.8, 4) is 0 Å². The van der Waals surface area contributed by atoms with E-state index >= 15 is 0 Å². The molecule has 0 heterocycles. The SMILES string of the molecule is CC(S)[C@@H](NC(=O)OC(C)(C)C)C(=O)O. The van der Waals surface area contributed by atoms with E-state index in [-0.39, 0.29) is 0 Å². The van der Waals surface area contributed by atoms with Crippen molar-refractivity contribution in [1.29, 1.82) is 0 Å². The van der Waals surface area contributed by atoms with E-state index in [2.05, 4.69) is 17.9 Å². The maximum absolute atomic E-state index is 11.2. The van der Waals surface area contributed by atoms with Gasteiger partial charge in [0.1, 0.15) is 11.6 Å². The fourth-order valence-electron chi connectivity index (χ4n) is 0.823. The fraction of sp³-hybridized carbons (Fsp3) is 0.778. The van der Waals surface area contributed by atoms with Gasteiger partial charge in [0.25, 0.3) is 0 Å². The van der Waals surface area contributed by atoms with Crippen LogP contribution in [-0.2, 0) is 9.53 Å². The van der Waals surface area contributed by atoms with Crippen molar-refractivity contribution in [1.82, 2.24) is 5.32 Å². The summed E-state index contributed by atoms with van der Waals surface area (Å²) in [5.74, 6) is -1.14. The van der Waals surface area contributed by atoms with Gasteiger partial charge in [-0.05, 0) is 20.8 Å². The molecule has 0 aromatic rings. The van der Waals surface area contributed by atoms with Gasteiger partial charge in [0.2, 0.25) is 0 Å². The van der Waals surface area contributed by atoms with Crippen LogP contribution in [0.25, 0.3) is 0 Å². The first kappa shape index (κ1) is 14.1. The summed E-state index contributed by atoms with van der Waals surface area (Å²) in [5.41, 5.74) is -0.646. The summed E-state index contributed by atoms with van der Waals surface area (Å²) in [6, 6.07) is -1.05. The number of hydrogen-bond acceptors (Lipinski definition) is 4. The number of amides is 1. The second-order valence-electron chi connectivity index (χ2n) is 4.20. The van der Waals surface area contributed by atoms with Crippen LogP contribution in [-0.4, -0.2) is 34.1 Å². The molecule has 5 nitrogen and oxygen atoms in total. The molecule has 0 bridgehead atoms. The molecule has 2 N–H and O–H groups in total. The van der Waals surface area contributed by atoms with Crippen molar-refractivity contribution < 1.29 is 19.4 Å². The Bertz CT molecular complexity index is 247. The molecule has 0 fully saturated rings. The van der Waals surface area contributed by atoms with Crippen molar-refractivity contribution in [2.24, 2.45) is 0 Å². The first-order valence-corrected chi connectivity index (χ1v) is 5.05. The number of thiol groups is 1. The number of aliphatic carboxylic acids is 1. The van der Waals surface area contributed by atoms with Gasteiger partial charge in [-0.3, -0.25) is 0 Å². The van der Waals surface area contributed by atoms with Crippen LogP contribution >= 0.6 is 12.6 Å². The second-order valence-corrected chi connectivity index (χ2v) is 5.02. The standard InChI is InChI=1S/C9H17NO4S/c1-5(15)6(7(11)12)10-8(13)14-9(2,3)4/h5-6,15H,1-4H3,(H,10,13)(H,11,12)/t5?,6-/m1/s1. The van der Waals surface area contributed by atoms with Crippen molar-refractivity contribution in [3.05, 3.63) is 0 Å². The van der Waals surface area contributed by atoms with E-state index in [1.165, 1.54) is 0 Å². The molecule has 0 saturated carbocycles. The van der Waals surface area contributed by atoms with Crippen LogP contribution < -0.4 is 5.32 Å². The third-order valence-electron chi connectivity index (χ3n) is 1.42. The largest absolute Gasteiger partial charge is 0.480 e. The van der Waals surface area contributed by atoms with Crippen LogP contribution in [0.15, 0.2) is 0 Å². The number of alkyl carbamates (subject to hydrolysis) is 1. The Balaban J connectivity index is 4.31. The summed E-state index contributed by atoms with van der Waals surface area (Å²) in [5, 5.41) is 10.5. The van der Waals surface area contributed by atoms with Gasteiger partial charge in [-0.2, -0.15) is 12.6 Å². The van der Waals surface area contributed by atoms with Gasteiger partial charge in [-0.15, -0.1) is 0 Å². The number of ether oxygens (including phenoxy) is 1. The lowest BCUT2D eigenvalue weighted by Crippen LogP contribution is -2.47. The Labute approximate surface area is 94.6 Å². The Morgan fingerprint density at radius 2 is 1.87 bits per heavy atom. The van der Waals surface area contributed by atoms with Crippen molar-refractivity contribution in [3.63, 3.8) is 0 Å². The number of hydrogen-bond donors (Lipinski definition) is 3. The lowest BCUT2D eigenvalue weighted by molar-refractivity contribution is -0.139.